The van der Waals surface area contributed by atoms with Gasteiger partial charge in [0.05, 0.1) is 6.61 Å². The van der Waals surface area contributed by atoms with Crippen LogP contribution in [0.15, 0.2) is 18.2 Å². The Balaban J connectivity index is 1.99. The van der Waals surface area contributed by atoms with E-state index in [-0.39, 0.29) is 19.0 Å². The van der Waals surface area contributed by atoms with Crippen LogP contribution in [0.5, 0.6) is 0 Å². The van der Waals surface area contributed by atoms with Crippen LogP contribution < -0.4 is 0 Å². The van der Waals surface area contributed by atoms with Crippen LogP contribution in [0.25, 0.3) is 0 Å². The van der Waals surface area contributed by atoms with E-state index in [1.807, 2.05) is 0 Å². The molecule has 1 saturated heterocycles. The van der Waals surface area contributed by atoms with Crippen LogP contribution in [-0.4, -0.2) is 48.0 Å². The lowest BCUT2D eigenvalue weighted by Gasteiger charge is -2.29. The van der Waals surface area contributed by atoms with Gasteiger partial charge in [0.25, 0.3) is 0 Å². The summed E-state index contributed by atoms with van der Waals surface area (Å²) >= 11 is 0. The molecule has 7 heteroatoms. The Morgan fingerprint density at radius 3 is 2.77 bits per heavy atom. The number of cyclic esters (lactones) is 1. The molecule has 1 aromatic rings. The molecular formula is C15H18F2N2O3. The molecule has 0 aliphatic carbocycles. The number of likely N-dealkylation sites (N-methyl/N-ethyl adjacent to an activating group) is 1. The largest absolute Gasteiger partial charge is 0.449 e. The van der Waals surface area contributed by atoms with Crippen molar-refractivity contribution in [2.24, 2.45) is 0 Å². The molecule has 0 spiro atoms. The number of nitrogens with zero attached hydrogens (tertiary/aromatic N) is 2. The Bertz CT molecular complexity index is 566. The van der Waals surface area contributed by atoms with Crippen molar-refractivity contribution in [2.75, 3.05) is 26.2 Å². The second-order valence-corrected chi connectivity index (χ2v) is 5.05. The van der Waals surface area contributed by atoms with Crippen LogP contribution in [-0.2, 0) is 16.1 Å². The van der Waals surface area contributed by atoms with Crippen molar-refractivity contribution < 1.29 is 23.1 Å². The number of hydrogen-bond acceptors (Lipinski definition) is 3. The van der Waals surface area contributed by atoms with Crippen molar-refractivity contribution in [3.63, 3.8) is 0 Å². The van der Waals surface area contributed by atoms with Crippen LogP contribution in [0.4, 0.5) is 13.6 Å². The van der Waals surface area contributed by atoms with Gasteiger partial charge in [0.2, 0.25) is 5.91 Å². The Kier molecular flexibility index (Phi) is 5.30. The van der Waals surface area contributed by atoms with Gasteiger partial charge in [-0.3, -0.25) is 9.69 Å². The molecule has 1 heterocycles. The fraction of sp³-hybridized carbons (Fsp3) is 0.467. The number of carbonyl (C=O) groups is 2. The maximum atomic E-state index is 13.2. The number of benzene rings is 1. The topological polar surface area (TPSA) is 49.9 Å². The van der Waals surface area contributed by atoms with Gasteiger partial charge in [-0.2, -0.15) is 0 Å². The zero-order valence-electron chi connectivity index (χ0n) is 12.3. The third-order valence-electron chi connectivity index (χ3n) is 3.47. The second kappa shape index (κ2) is 7.20. The van der Waals surface area contributed by atoms with Gasteiger partial charge in [-0.05, 0) is 31.0 Å². The molecule has 120 valence electrons. The molecule has 5 nitrogen and oxygen atoms in total. The SMILES string of the molecule is CCN(Cc1ccc(F)c(F)c1)C(=O)CN1CCCOC1=O. The molecule has 2 rings (SSSR count). The summed E-state index contributed by atoms with van der Waals surface area (Å²) in [6.45, 7) is 3.13. The van der Waals surface area contributed by atoms with Gasteiger partial charge in [-0.1, -0.05) is 6.07 Å². The minimum absolute atomic E-state index is 0.0731. The quantitative estimate of drug-likeness (QED) is 0.837. The molecule has 1 aliphatic heterocycles. The molecule has 0 saturated carbocycles. The first-order valence-electron chi connectivity index (χ1n) is 7.14. The third-order valence-corrected chi connectivity index (χ3v) is 3.47. The van der Waals surface area contributed by atoms with E-state index >= 15 is 0 Å². The van der Waals surface area contributed by atoms with E-state index in [1.54, 1.807) is 6.92 Å². The minimum Gasteiger partial charge on any atom is -0.449 e. The van der Waals surface area contributed by atoms with Gasteiger partial charge in [0.15, 0.2) is 11.6 Å². The van der Waals surface area contributed by atoms with Crippen molar-refractivity contribution in [3.05, 3.63) is 35.4 Å². The average Bonchev–Trinajstić information content (AvgIpc) is 2.50. The molecule has 0 atom stereocenters. The maximum absolute atomic E-state index is 13.2. The smallest absolute Gasteiger partial charge is 0.410 e. The first kappa shape index (κ1) is 16.2. The summed E-state index contributed by atoms with van der Waals surface area (Å²) in [6.07, 6.45) is 0.192. The van der Waals surface area contributed by atoms with Crippen molar-refractivity contribution >= 4 is 12.0 Å². The molecule has 0 aromatic heterocycles. The Labute approximate surface area is 127 Å². The summed E-state index contributed by atoms with van der Waals surface area (Å²) in [4.78, 5) is 26.6. The zero-order chi connectivity index (χ0) is 16.1. The van der Waals surface area contributed by atoms with Crippen LogP contribution in [0.1, 0.15) is 18.9 Å². The van der Waals surface area contributed by atoms with Gasteiger partial charge in [-0.25, -0.2) is 13.6 Å². The van der Waals surface area contributed by atoms with E-state index in [9.17, 15) is 18.4 Å². The predicted octanol–water partition coefficient (Wildman–Crippen LogP) is 2.16. The second-order valence-electron chi connectivity index (χ2n) is 5.05. The molecule has 1 fully saturated rings. The Hall–Kier alpha value is -2.18. The Morgan fingerprint density at radius 1 is 1.36 bits per heavy atom. The highest BCUT2D eigenvalue weighted by Gasteiger charge is 2.24. The fourth-order valence-corrected chi connectivity index (χ4v) is 2.24. The van der Waals surface area contributed by atoms with Crippen LogP contribution >= 0.6 is 0 Å². The van der Waals surface area contributed by atoms with Crippen molar-refractivity contribution in [1.29, 1.82) is 0 Å². The molecule has 1 aliphatic rings. The summed E-state index contributed by atoms with van der Waals surface area (Å²) < 4.78 is 31.0. The highest BCUT2D eigenvalue weighted by atomic mass is 19.2. The lowest BCUT2D eigenvalue weighted by Crippen LogP contribution is -2.45. The van der Waals surface area contributed by atoms with Crippen LogP contribution in [0.2, 0.25) is 0 Å². The molecule has 0 unspecified atom stereocenters. The summed E-state index contributed by atoms with van der Waals surface area (Å²) in [5.41, 5.74) is 0.496. The standard InChI is InChI=1S/C15H18F2N2O3/c1-2-18(9-11-4-5-12(16)13(17)8-11)14(20)10-19-6-3-7-22-15(19)21/h4-5,8H,2-3,6-7,9-10H2,1H3. The number of hydrogen-bond donors (Lipinski definition) is 0. The highest BCUT2D eigenvalue weighted by Crippen LogP contribution is 2.12. The molecule has 0 bridgehead atoms. The molecular weight excluding hydrogens is 294 g/mol. The van der Waals surface area contributed by atoms with E-state index in [2.05, 4.69) is 0 Å². The van der Waals surface area contributed by atoms with Gasteiger partial charge < -0.3 is 9.64 Å². The highest BCUT2D eigenvalue weighted by molar-refractivity contribution is 5.82. The number of halogens is 2. The van der Waals surface area contributed by atoms with Gasteiger partial charge >= 0.3 is 6.09 Å². The van der Waals surface area contributed by atoms with Gasteiger partial charge in [0, 0.05) is 19.6 Å². The molecule has 2 amide bonds. The van der Waals surface area contributed by atoms with E-state index in [4.69, 9.17) is 4.74 Å². The molecule has 0 N–H and O–H groups in total. The summed E-state index contributed by atoms with van der Waals surface area (Å²) in [5.74, 6) is -2.12. The lowest BCUT2D eigenvalue weighted by atomic mass is 10.2. The van der Waals surface area contributed by atoms with Gasteiger partial charge in [-0.15, -0.1) is 0 Å². The van der Waals surface area contributed by atoms with E-state index < -0.39 is 17.7 Å². The number of carbonyl (C=O) groups excluding carboxylic acids is 2. The number of rotatable bonds is 5. The maximum Gasteiger partial charge on any atom is 0.410 e. The summed E-state index contributed by atoms with van der Waals surface area (Å²) in [6, 6.07) is 3.54. The molecule has 22 heavy (non-hydrogen) atoms. The van der Waals surface area contributed by atoms with Crippen molar-refractivity contribution in [2.45, 2.75) is 19.9 Å². The van der Waals surface area contributed by atoms with E-state index in [0.29, 0.717) is 31.7 Å². The molecule has 1 aromatic carbocycles. The summed E-state index contributed by atoms with van der Waals surface area (Å²) in [7, 11) is 0. The zero-order valence-corrected chi connectivity index (χ0v) is 12.3. The van der Waals surface area contributed by atoms with Crippen molar-refractivity contribution in [1.82, 2.24) is 9.80 Å². The first-order chi connectivity index (χ1) is 10.5. The average molecular weight is 312 g/mol. The number of amides is 2. The Morgan fingerprint density at radius 2 is 2.14 bits per heavy atom. The fourth-order valence-electron chi connectivity index (χ4n) is 2.24. The van der Waals surface area contributed by atoms with Crippen molar-refractivity contribution in [3.8, 4) is 0 Å². The van der Waals surface area contributed by atoms with Gasteiger partial charge in [0.1, 0.15) is 6.54 Å². The molecule has 0 radical (unpaired) electrons. The van der Waals surface area contributed by atoms with Crippen LogP contribution in [0, 0.1) is 11.6 Å². The predicted molar refractivity (Wildman–Crippen MR) is 75.0 cm³/mol. The summed E-state index contributed by atoms with van der Waals surface area (Å²) in [5, 5.41) is 0. The van der Waals surface area contributed by atoms with Crippen LogP contribution in [0.3, 0.4) is 0 Å². The van der Waals surface area contributed by atoms with E-state index in [1.165, 1.54) is 15.9 Å². The normalized spacial score (nSPS) is 14.7. The third kappa shape index (κ3) is 3.93. The first-order valence-corrected chi connectivity index (χ1v) is 7.14. The number of ether oxygens (including phenoxy) is 1. The minimum atomic E-state index is -0.944. The lowest BCUT2D eigenvalue weighted by molar-refractivity contribution is -0.132. The monoisotopic (exact) mass is 312 g/mol. The van der Waals surface area contributed by atoms with E-state index in [0.717, 1.165) is 12.1 Å².